The molecule has 21 heavy (non-hydrogen) atoms. The van der Waals surface area contributed by atoms with Gasteiger partial charge in [0.15, 0.2) is 17.5 Å². The summed E-state index contributed by atoms with van der Waals surface area (Å²) in [5, 5.41) is 20.8. The van der Waals surface area contributed by atoms with E-state index in [9.17, 15) is 27.6 Å². The molecule has 0 radical (unpaired) electrons. The Morgan fingerprint density at radius 3 is 2.05 bits per heavy atom. The molecule has 0 saturated heterocycles. The Morgan fingerprint density at radius 1 is 1.10 bits per heavy atom. The molecule has 0 unspecified atom stereocenters. The van der Waals surface area contributed by atoms with Gasteiger partial charge in [-0.2, -0.15) is 0 Å². The van der Waals surface area contributed by atoms with Crippen LogP contribution in [0.25, 0.3) is 0 Å². The highest BCUT2D eigenvalue weighted by atomic mass is 19.2. The van der Waals surface area contributed by atoms with Crippen molar-refractivity contribution >= 4 is 23.7 Å². The van der Waals surface area contributed by atoms with Gasteiger partial charge in [-0.25, -0.2) is 22.8 Å². The fourth-order valence-corrected chi connectivity index (χ4v) is 1.33. The van der Waals surface area contributed by atoms with Gasteiger partial charge in [0.05, 0.1) is 6.42 Å². The van der Waals surface area contributed by atoms with Crippen molar-refractivity contribution in [2.75, 3.05) is 5.32 Å². The van der Waals surface area contributed by atoms with Crippen molar-refractivity contribution in [3.63, 3.8) is 0 Å². The number of aliphatic carboxylic acids is 2. The topological polar surface area (TPSA) is 116 Å². The molecule has 1 atom stereocenters. The average Bonchev–Trinajstić information content (AvgIpc) is 2.34. The maximum atomic E-state index is 12.9. The minimum atomic E-state index is -1.74. The summed E-state index contributed by atoms with van der Waals surface area (Å²) in [5.74, 6) is -7.91. The Balaban J connectivity index is 2.76. The number of carboxylic acid groups (broad SMARTS) is 2. The second-order valence-corrected chi connectivity index (χ2v) is 3.84. The number of rotatable bonds is 5. The number of carbonyl (C=O) groups excluding carboxylic acids is 1. The summed E-state index contributed by atoms with van der Waals surface area (Å²) >= 11 is 0. The molecule has 2 amide bonds. The maximum absolute atomic E-state index is 12.9. The smallest absolute Gasteiger partial charge is 0.326 e. The van der Waals surface area contributed by atoms with Crippen molar-refractivity contribution in [3.05, 3.63) is 29.6 Å². The zero-order valence-electron chi connectivity index (χ0n) is 10.2. The lowest BCUT2D eigenvalue weighted by Crippen LogP contribution is -2.44. The number of carbonyl (C=O) groups is 3. The van der Waals surface area contributed by atoms with Crippen molar-refractivity contribution in [1.29, 1.82) is 0 Å². The number of anilines is 1. The van der Waals surface area contributed by atoms with Gasteiger partial charge < -0.3 is 20.8 Å². The van der Waals surface area contributed by atoms with Crippen molar-refractivity contribution in [2.24, 2.45) is 0 Å². The normalized spacial score (nSPS) is 11.6. The van der Waals surface area contributed by atoms with Gasteiger partial charge in [-0.05, 0) is 0 Å². The van der Waals surface area contributed by atoms with E-state index < -0.39 is 53.6 Å². The summed E-state index contributed by atoms with van der Waals surface area (Å²) in [4.78, 5) is 32.5. The van der Waals surface area contributed by atoms with Crippen LogP contribution < -0.4 is 10.6 Å². The number of carboxylic acids is 2. The highest BCUT2D eigenvalue weighted by Gasteiger charge is 2.23. The molecule has 0 fully saturated rings. The number of nitrogens with one attached hydrogen (secondary N) is 2. The number of hydrogen-bond donors (Lipinski definition) is 4. The first kappa shape index (κ1) is 16.3. The van der Waals surface area contributed by atoms with E-state index in [1.165, 1.54) is 0 Å². The number of amides is 2. The highest BCUT2D eigenvalue weighted by Crippen LogP contribution is 2.17. The molecule has 0 aliphatic rings. The quantitative estimate of drug-likeness (QED) is 0.609. The molecule has 0 aliphatic carbocycles. The van der Waals surface area contributed by atoms with Gasteiger partial charge in [0.1, 0.15) is 6.04 Å². The number of benzene rings is 1. The molecule has 0 aliphatic heterocycles. The summed E-state index contributed by atoms with van der Waals surface area (Å²) in [6.07, 6.45) is -0.894. The van der Waals surface area contributed by atoms with E-state index in [4.69, 9.17) is 10.2 Å². The van der Waals surface area contributed by atoms with Crippen LogP contribution in [0.1, 0.15) is 6.42 Å². The molecular weight excluding hydrogens is 297 g/mol. The van der Waals surface area contributed by atoms with Crippen molar-refractivity contribution in [3.8, 4) is 0 Å². The molecule has 0 aromatic heterocycles. The van der Waals surface area contributed by atoms with Crippen LogP contribution >= 0.6 is 0 Å². The van der Waals surface area contributed by atoms with Crippen LogP contribution in [-0.2, 0) is 9.59 Å². The van der Waals surface area contributed by atoms with Gasteiger partial charge in [0.25, 0.3) is 0 Å². The van der Waals surface area contributed by atoms with E-state index >= 15 is 0 Å². The molecule has 1 rings (SSSR count). The van der Waals surface area contributed by atoms with Crippen molar-refractivity contribution in [2.45, 2.75) is 12.5 Å². The van der Waals surface area contributed by atoms with Crippen LogP contribution in [0, 0.1) is 17.5 Å². The monoisotopic (exact) mass is 306 g/mol. The lowest BCUT2D eigenvalue weighted by molar-refractivity contribution is -0.145. The second kappa shape index (κ2) is 6.59. The lowest BCUT2D eigenvalue weighted by Gasteiger charge is -2.13. The van der Waals surface area contributed by atoms with Crippen LogP contribution in [-0.4, -0.2) is 34.2 Å². The Hall–Kier alpha value is -2.78. The fraction of sp³-hybridized carbons (Fsp3) is 0.182. The SMILES string of the molecule is O=C(O)C[C@H](NC(=O)Nc1cc(F)c(F)c(F)c1)C(=O)O. The Morgan fingerprint density at radius 2 is 1.62 bits per heavy atom. The van der Waals surface area contributed by atoms with Crippen LogP contribution in [0.4, 0.5) is 23.7 Å². The van der Waals surface area contributed by atoms with Gasteiger partial charge in [0.2, 0.25) is 0 Å². The summed E-state index contributed by atoms with van der Waals surface area (Å²) in [6.45, 7) is 0. The van der Waals surface area contributed by atoms with Crippen LogP contribution in [0.5, 0.6) is 0 Å². The third-order valence-corrected chi connectivity index (χ3v) is 2.22. The Kier molecular flexibility index (Phi) is 5.11. The molecule has 0 saturated carbocycles. The minimum absolute atomic E-state index is 0.469. The number of urea groups is 1. The second-order valence-electron chi connectivity index (χ2n) is 3.84. The molecule has 114 valence electrons. The fourth-order valence-electron chi connectivity index (χ4n) is 1.33. The van der Waals surface area contributed by atoms with Gasteiger partial charge in [-0.3, -0.25) is 4.79 Å². The van der Waals surface area contributed by atoms with Crippen LogP contribution in [0.2, 0.25) is 0 Å². The largest absolute Gasteiger partial charge is 0.481 e. The molecule has 0 bridgehead atoms. The van der Waals surface area contributed by atoms with E-state index in [0.717, 1.165) is 0 Å². The third-order valence-electron chi connectivity index (χ3n) is 2.22. The molecule has 0 heterocycles. The van der Waals surface area contributed by atoms with E-state index in [1.54, 1.807) is 5.32 Å². The molecule has 10 heteroatoms. The zero-order chi connectivity index (χ0) is 16.2. The first-order chi connectivity index (χ1) is 9.70. The molecule has 1 aromatic rings. The third kappa shape index (κ3) is 4.67. The van der Waals surface area contributed by atoms with Gasteiger partial charge in [0, 0.05) is 17.8 Å². The van der Waals surface area contributed by atoms with Gasteiger partial charge >= 0.3 is 18.0 Å². The van der Waals surface area contributed by atoms with Crippen molar-refractivity contribution in [1.82, 2.24) is 5.32 Å². The average molecular weight is 306 g/mol. The predicted octanol–water partition coefficient (Wildman–Crippen LogP) is 1.15. The highest BCUT2D eigenvalue weighted by molar-refractivity contribution is 5.93. The molecule has 1 aromatic carbocycles. The first-order valence-corrected chi connectivity index (χ1v) is 5.37. The van der Waals surface area contributed by atoms with Gasteiger partial charge in [-0.15, -0.1) is 0 Å². The first-order valence-electron chi connectivity index (χ1n) is 5.37. The summed E-state index contributed by atoms with van der Waals surface area (Å²) in [6, 6.07) is -2.00. The maximum Gasteiger partial charge on any atom is 0.326 e. The zero-order valence-corrected chi connectivity index (χ0v) is 10.2. The van der Waals surface area contributed by atoms with E-state index in [-0.39, 0.29) is 0 Å². The summed E-state index contributed by atoms with van der Waals surface area (Å²) < 4.78 is 38.5. The van der Waals surface area contributed by atoms with E-state index in [1.807, 2.05) is 5.32 Å². The Bertz CT molecular complexity index is 570. The lowest BCUT2D eigenvalue weighted by atomic mass is 10.2. The number of halogens is 3. The summed E-state index contributed by atoms with van der Waals surface area (Å²) in [5.41, 5.74) is -0.469. The van der Waals surface area contributed by atoms with E-state index in [0.29, 0.717) is 12.1 Å². The minimum Gasteiger partial charge on any atom is -0.481 e. The molecule has 0 spiro atoms. The predicted molar refractivity (Wildman–Crippen MR) is 62.1 cm³/mol. The Labute approximate surface area is 115 Å². The number of hydrogen-bond acceptors (Lipinski definition) is 3. The van der Waals surface area contributed by atoms with Crippen LogP contribution in [0.15, 0.2) is 12.1 Å². The van der Waals surface area contributed by atoms with Gasteiger partial charge in [-0.1, -0.05) is 0 Å². The van der Waals surface area contributed by atoms with Crippen LogP contribution in [0.3, 0.4) is 0 Å². The van der Waals surface area contributed by atoms with Crippen molar-refractivity contribution < 1.29 is 37.8 Å². The molecule has 4 N–H and O–H groups in total. The van der Waals surface area contributed by atoms with E-state index in [2.05, 4.69) is 0 Å². The molecule has 7 nitrogen and oxygen atoms in total. The summed E-state index contributed by atoms with van der Waals surface area (Å²) in [7, 11) is 0. The standard InChI is InChI=1S/C11H9F3N2O5/c12-5-1-4(2-6(13)9(5)14)15-11(21)16-7(10(19)20)3-8(17)18/h1-2,7H,3H2,(H,17,18)(H,19,20)(H2,15,16,21)/t7-/m0/s1. The molecular formula is C11H9F3N2O5.